The lowest BCUT2D eigenvalue weighted by Gasteiger charge is -2.23. The second-order valence-corrected chi connectivity index (χ2v) is 7.10. The van der Waals surface area contributed by atoms with Gasteiger partial charge in [-0.2, -0.15) is 0 Å². The van der Waals surface area contributed by atoms with Crippen LogP contribution >= 0.6 is 12.4 Å². The molecule has 0 spiro atoms. The van der Waals surface area contributed by atoms with Crippen LogP contribution in [0, 0.1) is 6.92 Å². The average Bonchev–Trinajstić information content (AvgIpc) is 3.05. The normalized spacial score (nSPS) is 15.8. The molecule has 7 heteroatoms. The van der Waals surface area contributed by atoms with Gasteiger partial charge in [-0.15, -0.1) is 17.5 Å². The summed E-state index contributed by atoms with van der Waals surface area (Å²) >= 11 is 0. The molecule has 0 radical (unpaired) electrons. The highest BCUT2D eigenvalue weighted by atomic mass is 35.5. The van der Waals surface area contributed by atoms with Crippen molar-refractivity contribution in [2.75, 3.05) is 13.1 Å². The SMILES string of the molecule is CCCC(Cc1ccccc1)NC(=O)c1nnn(C2CCNCC2)c1C.Cl. The van der Waals surface area contributed by atoms with Crippen LogP contribution in [-0.2, 0) is 6.42 Å². The number of hydrogen-bond donors (Lipinski definition) is 2. The third-order valence-electron chi connectivity index (χ3n) is 5.09. The second kappa shape index (κ2) is 10.4. The molecule has 3 rings (SSSR count). The smallest absolute Gasteiger partial charge is 0.273 e. The van der Waals surface area contributed by atoms with Crippen LogP contribution in [0.4, 0.5) is 0 Å². The van der Waals surface area contributed by atoms with E-state index in [1.54, 1.807) is 0 Å². The zero-order valence-corrected chi connectivity index (χ0v) is 17.0. The molecule has 1 unspecified atom stereocenters. The molecule has 0 saturated carbocycles. The Labute approximate surface area is 167 Å². The Hall–Kier alpha value is -1.92. The molecule has 1 fully saturated rings. The van der Waals surface area contributed by atoms with E-state index < -0.39 is 0 Å². The van der Waals surface area contributed by atoms with Gasteiger partial charge < -0.3 is 10.6 Å². The van der Waals surface area contributed by atoms with E-state index in [-0.39, 0.29) is 24.4 Å². The molecule has 0 aliphatic carbocycles. The maximum Gasteiger partial charge on any atom is 0.273 e. The molecule has 1 aliphatic rings. The van der Waals surface area contributed by atoms with Gasteiger partial charge in [-0.1, -0.05) is 48.9 Å². The first-order valence-corrected chi connectivity index (χ1v) is 9.66. The van der Waals surface area contributed by atoms with Crippen LogP contribution in [0.5, 0.6) is 0 Å². The number of carbonyl (C=O) groups is 1. The van der Waals surface area contributed by atoms with Crippen molar-refractivity contribution >= 4 is 18.3 Å². The summed E-state index contributed by atoms with van der Waals surface area (Å²) < 4.78 is 1.93. The topological polar surface area (TPSA) is 71.8 Å². The van der Waals surface area contributed by atoms with E-state index >= 15 is 0 Å². The fourth-order valence-electron chi connectivity index (χ4n) is 3.67. The number of nitrogens with zero attached hydrogens (tertiary/aromatic N) is 3. The van der Waals surface area contributed by atoms with Gasteiger partial charge in [0.15, 0.2) is 5.69 Å². The molecule has 0 bridgehead atoms. The van der Waals surface area contributed by atoms with Gasteiger partial charge in [0, 0.05) is 6.04 Å². The van der Waals surface area contributed by atoms with Gasteiger partial charge in [0.2, 0.25) is 0 Å². The number of hydrogen-bond acceptors (Lipinski definition) is 4. The maximum absolute atomic E-state index is 12.8. The summed E-state index contributed by atoms with van der Waals surface area (Å²) in [5, 5.41) is 15.0. The first-order chi connectivity index (χ1) is 12.7. The van der Waals surface area contributed by atoms with Crippen molar-refractivity contribution in [1.29, 1.82) is 0 Å². The third kappa shape index (κ3) is 5.53. The minimum atomic E-state index is -0.114. The number of aromatic nitrogens is 3. The molecule has 148 valence electrons. The van der Waals surface area contributed by atoms with E-state index in [1.165, 1.54) is 5.56 Å². The third-order valence-corrected chi connectivity index (χ3v) is 5.09. The standard InChI is InChI=1S/C20H29N5O.ClH/c1-3-7-17(14-16-8-5-4-6-9-16)22-20(26)19-15(2)25(24-23-19)18-10-12-21-13-11-18;/h4-6,8-9,17-18,21H,3,7,10-14H2,1-2H3,(H,22,26);1H. The summed E-state index contributed by atoms with van der Waals surface area (Å²) in [6.45, 7) is 6.06. The second-order valence-electron chi connectivity index (χ2n) is 7.10. The summed E-state index contributed by atoms with van der Waals surface area (Å²) in [4.78, 5) is 12.8. The number of piperidine rings is 1. The van der Waals surface area contributed by atoms with Crippen LogP contribution < -0.4 is 10.6 Å². The van der Waals surface area contributed by atoms with E-state index in [0.29, 0.717) is 11.7 Å². The van der Waals surface area contributed by atoms with Crippen molar-refractivity contribution < 1.29 is 4.79 Å². The van der Waals surface area contributed by atoms with E-state index in [0.717, 1.165) is 50.9 Å². The molecule has 1 saturated heterocycles. The number of amides is 1. The predicted octanol–water partition coefficient (Wildman–Crippen LogP) is 3.07. The van der Waals surface area contributed by atoms with Gasteiger partial charge in [-0.05, 0) is 51.3 Å². The molecule has 1 amide bonds. The number of benzene rings is 1. The highest BCUT2D eigenvalue weighted by molar-refractivity contribution is 5.93. The molecular weight excluding hydrogens is 362 g/mol. The zero-order chi connectivity index (χ0) is 18.4. The quantitative estimate of drug-likeness (QED) is 0.760. The van der Waals surface area contributed by atoms with Crippen molar-refractivity contribution in [2.45, 2.75) is 58.0 Å². The van der Waals surface area contributed by atoms with Crippen LogP contribution in [0.3, 0.4) is 0 Å². The van der Waals surface area contributed by atoms with Gasteiger partial charge >= 0.3 is 0 Å². The fourth-order valence-corrected chi connectivity index (χ4v) is 3.67. The van der Waals surface area contributed by atoms with E-state index in [2.05, 4.69) is 40.0 Å². The molecule has 27 heavy (non-hydrogen) atoms. The average molecular weight is 392 g/mol. The van der Waals surface area contributed by atoms with Crippen molar-refractivity contribution in [1.82, 2.24) is 25.6 Å². The first-order valence-electron chi connectivity index (χ1n) is 9.66. The molecular formula is C20H30ClN5O. The number of rotatable bonds is 7. The van der Waals surface area contributed by atoms with Gasteiger partial charge in [-0.3, -0.25) is 4.79 Å². The Morgan fingerprint density at radius 2 is 2.00 bits per heavy atom. The maximum atomic E-state index is 12.8. The monoisotopic (exact) mass is 391 g/mol. The van der Waals surface area contributed by atoms with Crippen molar-refractivity contribution in [3.05, 3.63) is 47.3 Å². The summed E-state index contributed by atoms with van der Waals surface area (Å²) in [5.74, 6) is -0.114. The fraction of sp³-hybridized carbons (Fsp3) is 0.550. The van der Waals surface area contributed by atoms with Gasteiger partial charge in [0.1, 0.15) is 0 Å². The highest BCUT2D eigenvalue weighted by Gasteiger charge is 2.24. The van der Waals surface area contributed by atoms with Crippen LogP contribution in [0.2, 0.25) is 0 Å². The van der Waals surface area contributed by atoms with Crippen LogP contribution in [0.1, 0.15) is 60.4 Å². The summed E-state index contributed by atoms with van der Waals surface area (Å²) in [6.07, 6.45) is 4.86. The lowest BCUT2D eigenvalue weighted by Crippen LogP contribution is -2.37. The van der Waals surface area contributed by atoms with Crippen molar-refractivity contribution in [3.63, 3.8) is 0 Å². The van der Waals surface area contributed by atoms with E-state index in [1.807, 2.05) is 29.8 Å². The van der Waals surface area contributed by atoms with Crippen molar-refractivity contribution in [2.24, 2.45) is 0 Å². The Kier molecular flexibility index (Phi) is 8.25. The molecule has 1 aromatic heterocycles. The number of carbonyl (C=O) groups excluding carboxylic acids is 1. The molecule has 1 atom stereocenters. The Morgan fingerprint density at radius 1 is 1.30 bits per heavy atom. The summed E-state index contributed by atoms with van der Waals surface area (Å²) in [7, 11) is 0. The Balaban J connectivity index is 0.00000261. The lowest BCUT2D eigenvalue weighted by atomic mass is 10.0. The number of halogens is 1. The zero-order valence-electron chi connectivity index (χ0n) is 16.1. The van der Waals surface area contributed by atoms with Gasteiger partial charge in [-0.25, -0.2) is 4.68 Å². The summed E-state index contributed by atoms with van der Waals surface area (Å²) in [5.41, 5.74) is 2.56. The predicted molar refractivity (Wildman–Crippen MR) is 109 cm³/mol. The van der Waals surface area contributed by atoms with Crippen molar-refractivity contribution in [3.8, 4) is 0 Å². The molecule has 1 aromatic carbocycles. The van der Waals surface area contributed by atoms with Gasteiger partial charge in [0.25, 0.3) is 5.91 Å². The Bertz CT molecular complexity index is 712. The van der Waals surface area contributed by atoms with E-state index in [9.17, 15) is 4.79 Å². The number of nitrogens with one attached hydrogen (secondary N) is 2. The van der Waals surface area contributed by atoms with Crippen LogP contribution in [-0.4, -0.2) is 40.0 Å². The summed E-state index contributed by atoms with van der Waals surface area (Å²) in [6, 6.07) is 10.7. The van der Waals surface area contributed by atoms with Crippen LogP contribution in [0.15, 0.2) is 30.3 Å². The van der Waals surface area contributed by atoms with Crippen LogP contribution in [0.25, 0.3) is 0 Å². The molecule has 6 nitrogen and oxygen atoms in total. The molecule has 2 N–H and O–H groups in total. The molecule has 1 aliphatic heterocycles. The largest absolute Gasteiger partial charge is 0.348 e. The minimum Gasteiger partial charge on any atom is -0.348 e. The van der Waals surface area contributed by atoms with Gasteiger partial charge in [0.05, 0.1) is 11.7 Å². The Morgan fingerprint density at radius 3 is 2.67 bits per heavy atom. The minimum absolute atomic E-state index is 0. The lowest BCUT2D eigenvalue weighted by molar-refractivity contribution is 0.0929. The first kappa shape index (κ1) is 21.4. The highest BCUT2D eigenvalue weighted by Crippen LogP contribution is 2.20. The molecule has 2 aromatic rings. The van der Waals surface area contributed by atoms with E-state index in [4.69, 9.17) is 0 Å². The molecule has 2 heterocycles.